The van der Waals surface area contributed by atoms with E-state index in [1.165, 1.54) is 83.1 Å². The van der Waals surface area contributed by atoms with E-state index in [0.717, 1.165) is 111 Å². The van der Waals surface area contributed by atoms with Gasteiger partial charge < -0.3 is 220 Å². The van der Waals surface area contributed by atoms with Crippen LogP contribution in [0.5, 0.6) is 0 Å². The lowest BCUT2D eigenvalue weighted by atomic mass is 9.86. The first-order chi connectivity index (χ1) is 69.9. The fourth-order valence-corrected chi connectivity index (χ4v) is 19.7. The molecule has 0 aromatic rings. The summed E-state index contributed by atoms with van der Waals surface area (Å²) in [5.74, 6) is -23.8. The van der Waals surface area contributed by atoms with E-state index in [9.17, 15) is 166 Å². The highest BCUT2D eigenvalue weighted by molar-refractivity contribution is 5.79. The minimum Gasteiger partial charge on any atom is -0.477 e. The highest BCUT2D eigenvalue weighted by atomic mass is 16.8. The molecule has 51 nitrogen and oxygen atoms in total. The summed E-state index contributed by atoms with van der Waals surface area (Å²) in [6.45, 7) is -2.07. The van der Waals surface area contributed by atoms with Crippen molar-refractivity contribution >= 4 is 47.3 Å². The van der Waals surface area contributed by atoms with Gasteiger partial charge in [0.05, 0.1) is 108 Å². The van der Waals surface area contributed by atoms with Gasteiger partial charge in [0.25, 0.3) is 17.4 Å². The van der Waals surface area contributed by atoms with Crippen molar-refractivity contribution < 1.29 is 232 Å². The Kier molecular flexibility index (Phi) is 55.2. The smallest absolute Gasteiger partial charge is 0.364 e. The number of aliphatic hydroxyl groups excluding tert-OH is 22. The third kappa shape index (κ3) is 36.2. The SMILES string of the molecule is CCCCCCCCCCCCCC=C[C@@H](O)[C@H](CO[C@@H]1O[C@H](CO)[C@@H](O[C@@H]2O[C@H](CO)[C@H](O[C@@H]3O[C@H](CO)[C@H](O)[C@H](O[C@@H]4O[C@H](CO)[C@H](O)[C@H](O[C@]5(C(=O)O)C[C@H](O)[C@@H](NC(C)=O)C([C@H](O)[C@H](O)CO)O5)[C@H]4O)[C@H]3CC(C)=O)[C@H](O[C@]3(C(=O)O)C[C@H](O)[C@@H](NC(C)=O)C([C@H](O)[C@@H](CO)O[C@]4(C(=O)O)C[C@H](O)[C@@H](NC(C)=O)C([C@H](O)[C@H](O)CO)O4)O3)[C@H]2O)[C@H](O)[C@H]1O)NC(=O)CCCCCCCCCCCCCCCCC. The molecule has 7 fully saturated rings. The summed E-state index contributed by atoms with van der Waals surface area (Å²) in [5, 5.41) is 296. The van der Waals surface area contributed by atoms with Crippen molar-refractivity contribution in [2.75, 3.05) is 52.9 Å². The first kappa shape index (κ1) is 128. The highest BCUT2D eigenvalue weighted by Gasteiger charge is 2.66. The molecule has 7 rings (SSSR count). The number of carboxylic acid groups (broad SMARTS) is 3. The fraction of sp³-hybridized carbons (Fsp3) is 0.896. The third-order valence-electron chi connectivity index (χ3n) is 27.9. The van der Waals surface area contributed by atoms with Crippen molar-refractivity contribution in [2.24, 2.45) is 5.92 Å². The van der Waals surface area contributed by atoms with Gasteiger partial charge in [-0.2, -0.15) is 0 Å². The van der Waals surface area contributed by atoms with Crippen LogP contribution in [0.15, 0.2) is 12.2 Å². The van der Waals surface area contributed by atoms with E-state index in [1.807, 2.05) is 0 Å². The number of Topliss-reactive ketones (excluding diaryl/α,β-unsaturated/α-hetero) is 1. The Morgan fingerprint density at radius 2 is 0.748 bits per heavy atom. The number of ketones is 1. The monoisotopic (exact) mass is 2130 g/mol. The van der Waals surface area contributed by atoms with Crippen LogP contribution >= 0.6 is 0 Å². The molecule has 4 amide bonds. The summed E-state index contributed by atoms with van der Waals surface area (Å²) in [6, 6.07) is -7.08. The zero-order chi connectivity index (χ0) is 109. The Bertz CT molecular complexity index is 3910. The standard InChI is InChI=1S/C96H166N4O47/c1-7-9-11-13-15-17-19-21-22-24-26-28-30-32-34-36-66(118)100-54(55(112)35-33-31-29-27-25-23-20-18-16-14-12-10-8-2)48-134-88-76(125)75(124)80(64(46-106)137-88)140-90-78(127)86(147-96(93(132)133)40-58(115)69(99-52(6)111)84(145-96)74(123)63(45-105)142-94(91(128)129)38-56(113)67(97-50(4)109)82(143-94)70(119)59(116)41-101)81(65(47-107)138-90)141-87-53(37-49(3)108)79(72(121)61(43-103)135-87)139-89-77(126)85(73(122)62(44-104)136-89)146-95(92(130)131)39-57(114)68(98-51(5)110)83(144-95)71(120)60(117)42-102/h33,35,53-65,67-90,101-107,112-117,119-127H,7-32,34,36-48H2,1-6H3,(H,97,109)(H,98,110)(H,99,111)(H,100,118)(H,128,129)(H,130,131)(H,132,133)/t53-,54+,55-,56+,57+,58+,59-,60-,61-,62-,63-,64-,65-,67-,68-,69-,70-,71-,72+,73+,74-,75-,76-,77-,78-,79-,80-,81+,82?,83?,84?,85+,86-,87+,88-,89+,90+,94-,95+,96+/m1/s1. The molecule has 147 heavy (non-hydrogen) atoms. The molecule has 0 aliphatic carbocycles. The fourth-order valence-electron chi connectivity index (χ4n) is 19.7. The van der Waals surface area contributed by atoms with Gasteiger partial charge >= 0.3 is 17.9 Å². The van der Waals surface area contributed by atoms with Gasteiger partial charge in [-0.3, -0.25) is 19.2 Å². The van der Waals surface area contributed by atoms with Crippen LogP contribution in [0.2, 0.25) is 0 Å². The van der Waals surface area contributed by atoms with E-state index < -0.39 is 369 Å². The van der Waals surface area contributed by atoms with Crippen LogP contribution in [0, 0.1) is 5.92 Å². The molecular weight excluding hydrogens is 1960 g/mol. The van der Waals surface area contributed by atoms with Gasteiger partial charge in [-0.25, -0.2) is 14.4 Å². The number of carbonyl (C=O) groups excluding carboxylic acids is 5. The number of rotatable bonds is 67. The second-order valence-corrected chi connectivity index (χ2v) is 39.6. The normalized spacial score (nSPS) is 35.5. The molecule has 0 radical (unpaired) electrons. The molecule has 7 saturated heterocycles. The molecule has 40 atom stereocenters. The van der Waals surface area contributed by atoms with E-state index in [1.54, 1.807) is 6.08 Å². The van der Waals surface area contributed by atoms with Crippen molar-refractivity contribution in [2.45, 2.75) is 485 Å². The quantitative estimate of drug-likeness (QED) is 0.0199. The van der Waals surface area contributed by atoms with E-state index in [-0.39, 0.29) is 6.42 Å². The van der Waals surface area contributed by atoms with Gasteiger partial charge in [0, 0.05) is 58.8 Å². The van der Waals surface area contributed by atoms with Gasteiger partial charge in [0.15, 0.2) is 25.2 Å². The summed E-state index contributed by atoms with van der Waals surface area (Å²) in [5.41, 5.74) is 0. The Balaban J connectivity index is 1.26. The third-order valence-corrected chi connectivity index (χ3v) is 27.9. The van der Waals surface area contributed by atoms with E-state index in [0.29, 0.717) is 12.8 Å². The summed E-state index contributed by atoms with van der Waals surface area (Å²) < 4.78 is 84.9. The zero-order valence-corrected chi connectivity index (χ0v) is 84.5. The van der Waals surface area contributed by atoms with Gasteiger partial charge in [-0.1, -0.05) is 180 Å². The minimum absolute atomic E-state index is 0.0489. The van der Waals surface area contributed by atoms with Crippen molar-refractivity contribution in [3.8, 4) is 0 Å². The number of aliphatic carboxylic acids is 3. The average molecular weight is 2130 g/mol. The lowest BCUT2D eigenvalue weighted by Crippen LogP contribution is -2.72. The van der Waals surface area contributed by atoms with E-state index in [2.05, 4.69) is 35.1 Å². The average Bonchev–Trinajstić information content (AvgIpc) is 0.742. The summed E-state index contributed by atoms with van der Waals surface area (Å²) in [6.07, 6.45) is -48.3. The Morgan fingerprint density at radius 3 is 1.16 bits per heavy atom. The van der Waals surface area contributed by atoms with Crippen LogP contribution in [-0.2, 0) is 105 Å². The molecule has 0 aromatic heterocycles. The lowest BCUT2D eigenvalue weighted by molar-refractivity contribution is -0.409. The Morgan fingerprint density at radius 1 is 0.388 bits per heavy atom. The molecule has 0 bridgehead atoms. The van der Waals surface area contributed by atoms with E-state index in [4.69, 9.17) is 66.3 Å². The molecule has 29 N–H and O–H groups in total. The second kappa shape index (κ2) is 63.3. The lowest BCUT2D eigenvalue weighted by Gasteiger charge is -2.53. The maximum absolute atomic E-state index is 14.6. The number of amides is 4. The number of unbranched alkanes of at least 4 members (excludes halogenated alkanes) is 25. The number of hydrogen-bond acceptors (Lipinski definition) is 44. The van der Waals surface area contributed by atoms with Crippen molar-refractivity contribution in [3.63, 3.8) is 0 Å². The van der Waals surface area contributed by atoms with Crippen LogP contribution in [0.1, 0.15) is 247 Å². The highest BCUT2D eigenvalue weighted by Crippen LogP contribution is 2.46. The molecule has 51 heteroatoms. The molecule has 852 valence electrons. The number of carbonyl (C=O) groups is 8. The van der Waals surface area contributed by atoms with Crippen LogP contribution in [0.3, 0.4) is 0 Å². The van der Waals surface area contributed by atoms with Gasteiger partial charge in [0.1, 0.15) is 146 Å². The first-order valence-corrected chi connectivity index (χ1v) is 51.6. The first-order valence-electron chi connectivity index (χ1n) is 51.6. The van der Waals surface area contributed by atoms with Crippen LogP contribution < -0.4 is 21.3 Å². The molecule has 3 unspecified atom stereocenters. The van der Waals surface area contributed by atoms with Crippen LogP contribution in [0.25, 0.3) is 0 Å². The van der Waals surface area contributed by atoms with Crippen LogP contribution in [0.4, 0.5) is 0 Å². The molecular formula is C96H166N4O47. The maximum atomic E-state index is 14.6. The Labute approximate surface area is 853 Å². The maximum Gasteiger partial charge on any atom is 0.364 e. The predicted molar refractivity (Wildman–Crippen MR) is 502 cm³/mol. The zero-order valence-electron chi connectivity index (χ0n) is 84.5. The number of nitrogens with one attached hydrogen (secondary N) is 4. The molecule has 7 heterocycles. The summed E-state index contributed by atoms with van der Waals surface area (Å²) in [4.78, 5) is 108. The van der Waals surface area contributed by atoms with Crippen LogP contribution in [-0.4, -0.2) is 465 Å². The summed E-state index contributed by atoms with van der Waals surface area (Å²) >= 11 is 0. The molecule has 7 aliphatic heterocycles. The van der Waals surface area contributed by atoms with Crippen molar-refractivity contribution in [1.29, 1.82) is 0 Å². The largest absolute Gasteiger partial charge is 0.477 e. The topological polar surface area (TPSA) is 820 Å². The van der Waals surface area contributed by atoms with Crippen molar-refractivity contribution in [3.05, 3.63) is 12.2 Å². The van der Waals surface area contributed by atoms with Gasteiger partial charge in [-0.15, -0.1) is 0 Å². The number of aliphatic hydroxyl groups is 22. The number of carboxylic acids is 3. The van der Waals surface area contributed by atoms with E-state index >= 15 is 0 Å². The molecule has 0 aromatic carbocycles. The molecule has 0 spiro atoms. The molecule has 0 saturated carbocycles. The Hall–Kier alpha value is -5.74. The van der Waals surface area contributed by atoms with Gasteiger partial charge in [-0.05, 0) is 26.2 Å². The number of ether oxygens (including phenoxy) is 14. The van der Waals surface area contributed by atoms with Crippen molar-refractivity contribution in [1.82, 2.24) is 21.3 Å². The second-order valence-electron chi connectivity index (χ2n) is 39.6. The summed E-state index contributed by atoms with van der Waals surface area (Å²) in [7, 11) is 0. The predicted octanol–water partition coefficient (Wildman–Crippen LogP) is -5.60. The molecule has 7 aliphatic rings. The number of allylic oxidation sites excluding steroid dienone is 1. The number of hydrogen-bond donors (Lipinski definition) is 29. The minimum atomic E-state index is -3.80. The van der Waals surface area contributed by atoms with Gasteiger partial charge in [0.2, 0.25) is 23.6 Å².